The van der Waals surface area contributed by atoms with Crippen molar-refractivity contribution in [2.45, 2.75) is 19.1 Å². The molecular weight excluding hydrogens is 404 g/mol. The third kappa shape index (κ3) is 5.54. The molecule has 1 aliphatic heterocycles. The van der Waals surface area contributed by atoms with E-state index < -0.39 is 0 Å². The van der Waals surface area contributed by atoms with E-state index in [1.54, 1.807) is 12.1 Å². The fourth-order valence-corrected chi connectivity index (χ4v) is 3.61. The van der Waals surface area contributed by atoms with Gasteiger partial charge >= 0.3 is 0 Å². The predicted octanol–water partition coefficient (Wildman–Crippen LogP) is 4.33. The van der Waals surface area contributed by atoms with E-state index in [-0.39, 0.29) is 12.0 Å². The molecular formula is C19H20BrClN2O2. The van der Waals surface area contributed by atoms with Crippen molar-refractivity contribution < 1.29 is 9.53 Å². The molecule has 6 heteroatoms. The van der Waals surface area contributed by atoms with E-state index in [1.165, 1.54) is 5.56 Å². The van der Waals surface area contributed by atoms with Crippen molar-refractivity contribution in [3.05, 3.63) is 63.6 Å². The Balaban J connectivity index is 1.52. The zero-order valence-electron chi connectivity index (χ0n) is 13.8. The van der Waals surface area contributed by atoms with Gasteiger partial charge in [-0.25, -0.2) is 0 Å². The average Bonchev–Trinajstić information content (AvgIpc) is 2.59. The van der Waals surface area contributed by atoms with Crippen molar-refractivity contribution in [2.24, 2.45) is 0 Å². The highest BCUT2D eigenvalue weighted by Crippen LogP contribution is 2.26. The Morgan fingerprint density at radius 2 is 2.08 bits per heavy atom. The third-order valence-electron chi connectivity index (χ3n) is 4.09. The summed E-state index contributed by atoms with van der Waals surface area (Å²) in [4.78, 5) is 14.6. The molecule has 1 amide bonds. The number of hydrogen-bond donors (Lipinski definition) is 1. The second kappa shape index (κ2) is 8.81. The summed E-state index contributed by atoms with van der Waals surface area (Å²) in [7, 11) is 0. The van der Waals surface area contributed by atoms with Gasteiger partial charge in [-0.2, -0.15) is 0 Å². The van der Waals surface area contributed by atoms with Gasteiger partial charge in [-0.1, -0.05) is 57.9 Å². The zero-order valence-corrected chi connectivity index (χ0v) is 16.1. The molecule has 0 aromatic heterocycles. The first-order valence-corrected chi connectivity index (χ1v) is 9.40. The van der Waals surface area contributed by atoms with E-state index in [1.807, 2.05) is 24.3 Å². The highest BCUT2D eigenvalue weighted by molar-refractivity contribution is 9.10. The Kier molecular flexibility index (Phi) is 6.48. The topological polar surface area (TPSA) is 41.6 Å². The second-order valence-corrected chi connectivity index (χ2v) is 7.41. The van der Waals surface area contributed by atoms with Crippen LogP contribution in [-0.4, -0.2) is 36.6 Å². The van der Waals surface area contributed by atoms with Crippen molar-refractivity contribution in [3.63, 3.8) is 0 Å². The lowest BCUT2D eigenvalue weighted by Gasteiger charge is -2.32. The highest BCUT2D eigenvalue weighted by Gasteiger charge is 2.23. The summed E-state index contributed by atoms with van der Waals surface area (Å²) in [5.74, 6) is -0.0872. The highest BCUT2D eigenvalue weighted by atomic mass is 79.9. The molecule has 0 saturated carbocycles. The molecule has 1 saturated heterocycles. The van der Waals surface area contributed by atoms with E-state index in [4.69, 9.17) is 16.3 Å². The quantitative estimate of drug-likeness (QED) is 0.778. The Bertz CT molecular complexity index is 727. The number of anilines is 1. The third-order valence-corrected chi connectivity index (χ3v) is 4.90. The maximum absolute atomic E-state index is 12.3. The van der Waals surface area contributed by atoms with Gasteiger partial charge in [0.15, 0.2) is 0 Å². The summed E-state index contributed by atoms with van der Waals surface area (Å²) >= 11 is 9.50. The van der Waals surface area contributed by atoms with Crippen LogP contribution in [0.3, 0.4) is 0 Å². The van der Waals surface area contributed by atoms with Crippen LogP contribution in [-0.2, 0) is 16.1 Å². The number of benzene rings is 2. The number of amides is 1. The summed E-state index contributed by atoms with van der Waals surface area (Å²) in [6.45, 7) is 3.15. The first-order valence-electron chi connectivity index (χ1n) is 8.23. The zero-order chi connectivity index (χ0) is 17.6. The van der Waals surface area contributed by atoms with Gasteiger partial charge in [-0.05, 0) is 23.8 Å². The van der Waals surface area contributed by atoms with E-state index >= 15 is 0 Å². The second-order valence-electron chi connectivity index (χ2n) is 6.09. The molecule has 2 aromatic rings. The fourth-order valence-electron chi connectivity index (χ4n) is 2.89. The molecule has 2 aromatic carbocycles. The van der Waals surface area contributed by atoms with E-state index in [0.29, 0.717) is 23.7 Å². The monoisotopic (exact) mass is 422 g/mol. The van der Waals surface area contributed by atoms with Crippen LogP contribution in [0.2, 0.25) is 5.02 Å². The van der Waals surface area contributed by atoms with Crippen LogP contribution >= 0.6 is 27.5 Å². The number of morpholine rings is 1. The van der Waals surface area contributed by atoms with E-state index in [0.717, 1.165) is 24.1 Å². The molecule has 0 spiro atoms. The number of carbonyl (C=O) groups is 1. The number of carbonyl (C=O) groups excluding carboxylic acids is 1. The van der Waals surface area contributed by atoms with Crippen molar-refractivity contribution in [1.29, 1.82) is 0 Å². The number of halogens is 2. The minimum Gasteiger partial charge on any atom is -0.375 e. The number of nitrogens with one attached hydrogen (secondary N) is 1. The number of hydrogen-bond acceptors (Lipinski definition) is 3. The van der Waals surface area contributed by atoms with Gasteiger partial charge in [-0.3, -0.25) is 9.69 Å². The van der Waals surface area contributed by atoms with Crippen molar-refractivity contribution in [3.8, 4) is 0 Å². The molecule has 3 rings (SSSR count). The number of rotatable bonds is 5. The molecule has 0 bridgehead atoms. The van der Waals surface area contributed by atoms with Crippen LogP contribution in [0, 0.1) is 0 Å². The summed E-state index contributed by atoms with van der Waals surface area (Å²) in [6.07, 6.45) is 0.212. The lowest BCUT2D eigenvalue weighted by Crippen LogP contribution is -2.43. The van der Waals surface area contributed by atoms with Crippen LogP contribution in [0.15, 0.2) is 53.0 Å². The summed E-state index contributed by atoms with van der Waals surface area (Å²) in [5, 5.41) is 3.37. The lowest BCUT2D eigenvalue weighted by molar-refractivity contribution is -0.121. The van der Waals surface area contributed by atoms with Crippen LogP contribution < -0.4 is 5.32 Å². The molecule has 1 atom stereocenters. The number of nitrogens with zero attached hydrogens (tertiary/aromatic N) is 1. The van der Waals surface area contributed by atoms with E-state index in [9.17, 15) is 4.79 Å². The van der Waals surface area contributed by atoms with Crippen LogP contribution in [0.5, 0.6) is 0 Å². The molecule has 132 valence electrons. The molecule has 4 nitrogen and oxygen atoms in total. The van der Waals surface area contributed by atoms with Gasteiger partial charge in [0, 0.05) is 24.1 Å². The van der Waals surface area contributed by atoms with Crippen molar-refractivity contribution in [1.82, 2.24) is 4.90 Å². The standard InChI is InChI=1S/C19H20BrClN2O2/c20-15-6-7-18(17(21)10-15)22-19(24)11-16-13-23(8-9-25-16)12-14-4-2-1-3-5-14/h1-7,10,16H,8-9,11-13H2,(H,22,24). The fraction of sp³-hybridized carbons (Fsp3) is 0.316. The van der Waals surface area contributed by atoms with Gasteiger partial charge in [0.2, 0.25) is 5.91 Å². The molecule has 0 radical (unpaired) electrons. The van der Waals surface area contributed by atoms with Crippen LogP contribution in [0.1, 0.15) is 12.0 Å². The Morgan fingerprint density at radius 3 is 2.84 bits per heavy atom. The molecule has 1 unspecified atom stereocenters. The van der Waals surface area contributed by atoms with E-state index in [2.05, 4.69) is 38.3 Å². The average molecular weight is 424 g/mol. The normalized spacial score (nSPS) is 18.1. The minimum atomic E-state index is -0.105. The molecule has 1 fully saturated rings. The first kappa shape index (κ1) is 18.4. The van der Waals surface area contributed by atoms with Gasteiger partial charge < -0.3 is 10.1 Å². The Morgan fingerprint density at radius 1 is 1.28 bits per heavy atom. The Labute approximate surface area is 161 Å². The van der Waals surface area contributed by atoms with Gasteiger partial charge in [0.1, 0.15) is 0 Å². The van der Waals surface area contributed by atoms with Crippen LogP contribution in [0.25, 0.3) is 0 Å². The van der Waals surface area contributed by atoms with Gasteiger partial charge in [0.25, 0.3) is 0 Å². The molecule has 0 aliphatic carbocycles. The van der Waals surface area contributed by atoms with Crippen molar-refractivity contribution >= 4 is 39.1 Å². The molecule has 25 heavy (non-hydrogen) atoms. The van der Waals surface area contributed by atoms with Crippen LogP contribution in [0.4, 0.5) is 5.69 Å². The molecule has 1 N–H and O–H groups in total. The smallest absolute Gasteiger partial charge is 0.227 e. The minimum absolute atomic E-state index is 0.0872. The predicted molar refractivity (Wildman–Crippen MR) is 104 cm³/mol. The maximum atomic E-state index is 12.3. The van der Waals surface area contributed by atoms with Crippen molar-refractivity contribution in [2.75, 3.05) is 25.0 Å². The molecule has 1 heterocycles. The SMILES string of the molecule is O=C(CC1CN(Cc2ccccc2)CCO1)Nc1ccc(Br)cc1Cl. The first-order chi connectivity index (χ1) is 12.1. The van der Waals surface area contributed by atoms with Gasteiger partial charge in [0.05, 0.1) is 29.8 Å². The van der Waals surface area contributed by atoms with Gasteiger partial charge in [-0.15, -0.1) is 0 Å². The molecule has 1 aliphatic rings. The maximum Gasteiger partial charge on any atom is 0.227 e. The largest absolute Gasteiger partial charge is 0.375 e. The number of ether oxygens (including phenoxy) is 1. The lowest BCUT2D eigenvalue weighted by atomic mass is 10.1. The summed E-state index contributed by atoms with van der Waals surface area (Å²) in [6, 6.07) is 15.7. The Hall–Kier alpha value is -1.40. The summed E-state index contributed by atoms with van der Waals surface area (Å²) in [5.41, 5.74) is 1.89. The summed E-state index contributed by atoms with van der Waals surface area (Å²) < 4.78 is 6.64.